The third kappa shape index (κ3) is 4.16. The molecule has 1 N–H and O–H groups in total. The smallest absolute Gasteiger partial charge is 0.348 e. The van der Waals surface area contributed by atoms with E-state index in [2.05, 4.69) is 10.4 Å². The molecule has 2 heterocycles. The Morgan fingerprint density at radius 2 is 2.04 bits per heavy atom. The lowest BCUT2D eigenvalue weighted by Crippen LogP contribution is -2.35. The number of aromatic nitrogens is 2. The van der Waals surface area contributed by atoms with Crippen LogP contribution in [0.4, 0.5) is 4.39 Å². The van der Waals surface area contributed by atoms with Crippen molar-refractivity contribution in [3.8, 4) is 5.69 Å². The Morgan fingerprint density at radius 1 is 1.33 bits per heavy atom. The zero-order valence-electron chi connectivity index (χ0n) is 15.3. The highest BCUT2D eigenvalue weighted by molar-refractivity contribution is 7.20. The van der Waals surface area contributed by atoms with E-state index in [4.69, 9.17) is 4.74 Å². The van der Waals surface area contributed by atoms with Crippen molar-refractivity contribution in [2.75, 3.05) is 6.61 Å². The van der Waals surface area contributed by atoms with Crippen LogP contribution in [0, 0.1) is 12.7 Å². The minimum Gasteiger partial charge on any atom is -0.451 e. The Balaban J connectivity index is 1.78. The Hall–Kier alpha value is -2.74. The SMILES string of the molecule is CCC(C)NC(=O)COC(=O)c1cc2c(C)nn(-c3ccc(F)cc3)c2s1. The molecule has 1 aromatic carbocycles. The minimum atomic E-state index is -0.555. The van der Waals surface area contributed by atoms with Crippen molar-refractivity contribution in [1.82, 2.24) is 15.1 Å². The monoisotopic (exact) mass is 389 g/mol. The Labute approximate surface area is 159 Å². The molecule has 0 fully saturated rings. The van der Waals surface area contributed by atoms with E-state index in [0.29, 0.717) is 10.6 Å². The number of nitrogens with one attached hydrogen (secondary N) is 1. The van der Waals surface area contributed by atoms with Gasteiger partial charge in [-0.15, -0.1) is 11.3 Å². The highest BCUT2D eigenvalue weighted by Gasteiger charge is 2.19. The first-order chi connectivity index (χ1) is 12.9. The van der Waals surface area contributed by atoms with Crippen molar-refractivity contribution < 1.29 is 18.7 Å². The molecule has 3 rings (SSSR count). The summed E-state index contributed by atoms with van der Waals surface area (Å²) in [5.41, 5.74) is 1.45. The first-order valence-corrected chi connectivity index (χ1v) is 9.42. The van der Waals surface area contributed by atoms with Gasteiger partial charge in [-0.2, -0.15) is 5.10 Å². The van der Waals surface area contributed by atoms with E-state index in [9.17, 15) is 14.0 Å². The first kappa shape index (κ1) is 19.0. The van der Waals surface area contributed by atoms with Crippen LogP contribution in [-0.2, 0) is 9.53 Å². The molecule has 0 aliphatic rings. The lowest BCUT2D eigenvalue weighted by atomic mass is 10.2. The van der Waals surface area contributed by atoms with Gasteiger partial charge in [0.1, 0.15) is 15.5 Å². The summed E-state index contributed by atoms with van der Waals surface area (Å²) >= 11 is 1.22. The van der Waals surface area contributed by atoms with Crippen LogP contribution < -0.4 is 5.32 Å². The topological polar surface area (TPSA) is 73.2 Å². The summed E-state index contributed by atoms with van der Waals surface area (Å²) in [4.78, 5) is 25.2. The number of hydrogen-bond donors (Lipinski definition) is 1. The molecule has 142 valence electrons. The fourth-order valence-electron chi connectivity index (χ4n) is 2.53. The van der Waals surface area contributed by atoms with E-state index in [1.54, 1.807) is 22.9 Å². The summed E-state index contributed by atoms with van der Waals surface area (Å²) in [7, 11) is 0. The molecular formula is C19H20FN3O3S. The quantitative estimate of drug-likeness (QED) is 0.654. The number of fused-ring (bicyclic) bond motifs is 1. The van der Waals surface area contributed by atoms with Gasteiger partial charge in [-0.25, -0.2) is 13.9 Å². The molecule has 8 heteroatoms. The summed E-state index contributed by atoms with van der Waals surface area (Å²) < 4.78 is 19.9. The van der Waals surface area contributed by atoms with Gasteiger partial charge in [0.2, 0.25) is 0 Å². The van der Waals surface area contributed by atoms with Crippen LogP contribution in [0.5, 0.6) is 0 Å². The molecule has 6 nitrogen and oxygen atoms in total. The van der Waals surface area contributed by atoms with E-state index in [1.165, 1.54) is 23.5 Å². The number of carbonyl (C=O) groups is 2. The maximum Gasteiger partial charge on any atom is 0.348 e. The molecule has 0 aliphatic carbocycles. The van der Waals surface area contributed by atoms with Gasteiger partial charge in [0.15, 0.2) is 6.61 Å². The van der Waals surface area contributed by atoms with Gasteiger partial charge >= 0.3 is 5.97 Å². The molecule has 0 saturated carbocycles. The third-order valence-electron chi connectivity index (χ3n) is 4.17. The number of esters is 1. The molecule has 1 atom stereocenters. The third-order valence-corrected chi connectivity index (χ3v) is 5.26. The highest BCUT2D eigenvalue weighted by Crippen LogP contribution is 2.30. The predicted molar refractivity (Wildman–Crippen MR) is 102 cm³/mol. The van der Waals surface area contributed by atoms with Gasteiger partial charge in [0.05, 0.1) is 11.4 Å². The second-order valence-electron chi connectivity index (χ2n) is 6.26. The number of amides is 1. The molecule has 0 saturated heterocycles. The Morgan fingerprint density at radius 3 is 2.70 bits per heavy atom. The number of benzene rings is 1. The molecule has 0 radical (unpaired) electrons. The number of ether oxygens (including phenoxy) is 1. The summed E-state index contributed by atoms with van der Waals surface area (Å²) in [5, 5.41) is 8.02. The van der Waals surface area contributed by atoms with Gasteiger partial charge in [0.25, 0.3) is 5.91 Å². The highest BCUT2D eigenvalue weighted by atomic mass is 32.1. The minimum absolute atomic E-state index is 0.0323. The summed E-state index contributed by atoms with van der Waals surface area (Å²) in [6.07, 6.45) is 0.801. The number of hydrogen-bond acceptors (Lipinski definition) is 5. The Bertz CT molecular complexity index is 978. The summed E-state index contributed by atoms with van der Waals surface area (Å²) in [6, 6.07) is 7.70. The van der Waals surface area contributed by atoms with Gasteiger partial charge in [-0.05, 0) is 50.6 Å². The van der Waals surface area contributed by atoms with Crippen LogP contribution in [0.3, 0.4) is 0 Å². The van der Waals surface area contributed by atoms with E-state index in [-0.39, 0.29) is 24.4 Å². The number of rotatable bonds is 6. The lowest BCUT2D eigenvalue weighted by molar-refractivity contribution is -0.124. The van der Waals surface area contributed by atoms with Gasteiger partial charge in [0, 0.05) is 11.4 Å². The first-order valence-electron chi connectivity index (χ1n) is 8.60. The fourth-order valence-corrected chi connectivity index (χ4v) is 3.60. The normalized spacial score (nSPS) is 12.1. The average Bonchev–Trinajstić information content (AvgIpc) is 3.21. The van der Waals surface area contributed by atoms with E-state index >= 15 is 0 Å². The standard InChI is InChI=1S/C19H20FN3O3S/c1-4-11(2)21-17(24)10-26-19(25)16-9-15-12(3)22-23(18(15)27-16)14-7-5-13(20)6-8-14/h5-9,11H,4,10H2,1-3H3,(H,21,24). The molecule has 0 bridgehead atoms. The van der Waals surface area contributed by atoms with Crippen LogP contribution in [0.25, 0.3) is 15.9 Å². The number of halogens is 1. The molecule has 3 aromatic rings. The van der Waals surface area contributed by atoms with E-state index in [1.807, 2.05) is 20.8 Å². The van der Waals surface area contributed by atoms with E-state index < -0.39 is 5.97 Å². The van der Waals surface area contributed by atoms with Crippen LogP contribution in [-0.4, -0.2) is 34.3 Å². The second-order valence-corrected chi connectivity index (χ2v) is 7.29. The van der Waals surface area contributed by atoms with E-state index in [0.717, 1.165) is 22.3 Å². The number of aryl methyl sites for hydroxylation is 1. The van der Waals surface area contributed by atoms with Gasteiger partial charge < -0.3 is 10.1 Å². The average molecular weight is 389 g/mol. The Kier molecular flexibility index (Phi) is 5.55. The van der Waals surface area contributed by atoms with Crippen LogP contribution in [0.2, 0.25) is 0 Å². The van der Waals surface area contributed by atoms with Crippen molar-refractivity contribution in [3.63, 3.8) is 0 Å². The zero-order valence-corrected chi connectivity index (χ0v) is 16.1. The zero-order chi connectivity index (χ0) is 19.6. The number of thiophene rings is 1. The maximum atomic E-state index is 13.2. The molecule has 0 aliphatic heterocycles. The summed E-state index contributed by atoms with van der Waals surface area (Å²) in [5.74, 6) is -1.21. The van der Waals surface area contributed by atoms with Crippen molar-refractivity contribution in [2.45, 2.75) is 33.2 Å². The van der Waals surface area contributed by atoms with Crippen LogP contribution in [0.1, 0.15) is 35.6 Å². The molecule has 1 amide bonds. The molecule has 27 heavy (non-hydrogen) atoms. The molecule has 0 spiro atoms. The summed E-state index contributed by atoms with van der Waals surface area (Å²) in [6.45, 7) is 5.36. The van der Waals surface area contributed by atoms with Crippen molar-refractivity contribution in [1.29, 1.82) is 0 Å². The van der Waals surface area contributed by atoms with Crippen molar-refractivity contribution >= 4 is 33.4 Å². The predicted octanol–water partition coefficient (Wildman–Crippen LogP) is 3.61. The van der Waals surface area contributed by atoms with Crippen LogP contribution >= 0.6 is 11.3 Å². The van der Waals surface area contributed by atoms with Gasteiger partial charge in [-0.1, -0.05) is 6.92 Å². The van der Waals surface area contributed by atoms with Crippen molar-refractivity contribution in [2.24, 2.45) is 0 Å². The fraction of sp³-hybridized carbons (Fsp3) is 0.316. The number of nitrogens with zero attached hydrogens (tertiary/aromatic N) is 2. The molecule has 2 aromatic heterocycles. The lowest BCUT2D eigenvalue weighted by Gasteiger charge is -2.11. The van der Waals surface area contributed by atoms with Crippen molar-refractivity contribution in [3.05, 3.63) is 46.7 Å². The largest absolute Gasteiger partial charge is 0.451 e. The maximum absolute atomic E-state index is 13.2. The number of carbonyl (C=O) groups excluding carboxylic acids is 2. The second kappa shape index (κ2) is 7.87. The van der Waals surface area contributed by atoms with Gasteiger partial charge in [-0.3, -0.25) is 4.79 Å². The van der Waals surface area contributed by atoms with Crippen LogP contribution in [0.15, 0.2) is 30.3 Å². The molecule has 1 unspecified atom stereocenters. The molecular weight excluding hydrogens is 369 g/mol.